The normalized spacial score (nSPS) is 17.6. The molecular formula is C19H18F2N2O3. The topological polar surface area (TPSA) is 68.2 Å². The van der Waals surface area contributed by atoms with Crippen molar-refractivity contribution in [1.29, 1.82) is 0 Å². The summed E-state index contributed by atoms with van der Waals surface area (Å²) in [5, 5.41) is 2.36. The van der Waals surface area contributed by atoms with Crippen LogP contribution >= 0.6 is 0 Å². The molecule has 1 aromatic carbocycles. The van der Waals surface area contributed by atoms with Crippen molar-refractivity contribution in [2.75, 3.05) is 7.05 Å². The lowest BCUT2D eigenvalue weighted by atomic mass is 10.0. The van der Waals surface area contributed by atoms with Gasteiger partial charge in [-0.3, -0.25) is 14.4 Å². The molecule has 1 aliphatic carbocycles. The largest absolute Gasteiger partial charge is 0.355 e. The Morgan fingerprint density at radius 1 is 1.27 bits per heavy atom. The lowest BCUT2D eigenvalue weighted by Crippen LogP contribution is -2.32. The Bertz CT molecular complexity index is 907. The molecule has 1 N–H and O–H groups in total. The van der Waals surface area contributed by atoms with Crippen molar-refractivity contribution < 1.29 is 18.4 Å². The molecule has 2 aromatic rings. The summed E-state index contributed by atoms with van der Waals surface area (Å²) < 4.78 is 27.4. The number of alkyl halides is 2. The molecule has 1 aromatic heterocycles. The Morgan fingerprint density at radius 3 is 2.50 bits per heavy atom. The number of hydrogen-bond donors (Lipinski definition) is 1. The van der Waals surface area contributed by atoms with Crippen molar-refractivity contribution in [1.82, 2.24) is 9.88 Å². The molecule has 0 aliphatic heterocycles. The average Bonchev–Trinajstić information content (AvgIpc) is 3.22. The summed E-state index contributed by atoms with van der Waals surface area (Å²) in [5.74, 6) is -4.88. The van der Waals surface area contributed by atoms with Crippen molar-refractivity contribution in [2.24, 2.45) is 5.92 Å². The first-order chi connectivity index (χ1) is 12.3. The molecule has 3 rings (SSSR count). The fraction of sp³-hybridized carbons (Fsp3) is 0.316. The van der Waals surface area contributed by atoms with Gasteiger partial charge >= 0.3 is 0 Å². The van der Waals surface area contributed by atoms with Gasteiger partial charge in [-0.15, -0.1) is 0 Å². The standard InChI is InChI=1S/C19H18F2N2O3/c1-22-17(25)15-7-13(16(24)8-14-9-19(14,20)21)11-23(18(15)26)10-12-5-3-2-4-6-12/h2-7,11,14H,8-10H2,1H3,(H,22,25)/t14-/m1/s1. The molecular weight excluding hydrogens is 342 g/mol. The number of pyridine rings is 1. The number of nitrogens with zero attached hydrogens (tertiary/aromatic N) is 1. The van der Waals surface area contributed by atoms with Crippen LogP contribution in [-0.2, 0) is 6.54 Å². The van der Waals surface area contributed by atoms with E-state index < -0.39 is 29.1 Å². The number of benzene rings is 1. The van der Waals surface area contributed by atoms with E-state index in [0.717, 1.165) is 5.56 Å². The van der Waals surface area contributed by atoms with Crippen LogP contribution in [0.1, 0.15) is 39.1 Å². The van der Waals surface area contributed by atoms with Crippen molar-refractivity contribution in [3.63, 3.8) is 0 Å². The van der Waals surface area contributed by atoms with E-state index in [-0.39, 0.29) is 30.5 Å². The molecule has 0 bridgehead atoms. The predicted molar refractivity (Wildman–Crippen MR) is 91.6 cm³/mol. The molecule has 1 aliphatic rings. The fourth-order valence-electron chi connectivity index (χ4n) is 2.82. The van der Waals surface area contributed by atoms with Gasteiger partial charge in [0.15, 0.2) is 5.78 Å². The Morgan fingerprint density at radius 2 is 1.92 bits per heavy atom. The van der Waals surface area contributed by atoms with Crippen LogP contribution in [0.4, 0.5) is 8.78 Å². The van der Waals surface area contributed by atoms with Gasteiger partial charge in [0.1, 0.15) is 5.56 Å². The first-order valence-corrected chi connectivity index (χ1v) is 8.23. The minimum absolute atomic E-state index is 0.0850. The SMILES string of the molecule is CNC(=O)c1cc(C(=O)C[C@@H]2CC2(F)F)cn(Cc2ccccc2)c1=O. The molecule has 0 spiro atoms. The second-order valence-electron chi connectivity index (χ2n) is 6.43. The number of Topliss-reactive ketones (excluding diaryl/α,β-unsaturated/α-hetero) is 1. The number of ketones is 1. The van der Waals surface area contributed by atoms with Crippen LogP contribution in [0.25, 0.3) is 0 Å². The lowest BCUT2D eigenvalue weighted by molar-refractivity contribution is 0.0832. The molecule has 7 heteroatoms. The van der Waals surface area contributed by atoms with Gasteiger partial charge in [-0.1, -0.05) is 30.3 Å². The number of halogens is 2. The van der Waals surface area contributed by atoms with Gasteiger partial charge in [0.05, 0.1) is 6.54 Å². The van der Waals surface area contributed by atoms with Gasteiger partial charge in [0, 0.05) is 37.6 Å². The summed E-state index contributed by atoms with van der Waals surface area (Å²) in [6.07, 6.45) is 0.735. The summed E-state index contributed by atoms with van der Waals surface area (Å²) in [5.41, 5.74) is 0.177. The summed E-state index contributed by atoms with van der Waals surface area (Å²) in [7, 11) is 1.38. The van der Waals surface area contributed by atoms with E-state index in [0.29, 0.717) is 0 Å². The first kappa shape index (κ1) is 18.0. The van der Waals surface area contributed by atoms with Crippen LogP contribution in [0, 0.1) is 5.92 Å². The maximum absolute atomic E-state index is 13.1. The van der Waals surface area contributed by atoms with Crippen molar-refractivity contribution >= 4 is 11.7 Å². The lowest BCUT2D eigenvalue weighted by Gasteiger charge is -2.11. The molecule has 1 atom stereocenters. The second-order valence-corrected chi connectivity index (χ2v) is 6.43. The van der Waals surface area contributed by atoms with Gasteiger partial charge in [-0.2, -0.15) is 0 Å². The molecule has 1 saturated carbocycles. The van der Waals surface area contributed by atoms with Crippen molar-refractivity contribution in [2.45, 2.75) is 25.3 Å². The van der Waals surface area contributed by atoms with E-state index in [4.69, 9.17) is 0 Å². The molecule has 136 valence electrons. The highest BCUT2D eigenvalue weighted by Gasteiger charge is 2.57. The van der Waals surface area contributed by atoms with E-state index in [1.54, 1.807) is 0 Å². The van der Waals surface area contributed by atoms with Gasteiger partial charge in [0.25, 0.3) is 17.4 Å². The Labute approximate surface area is 148 Å². The minimum atomic E-state index is -2.79. The second kappa shape index (κ2) is 6.82. The maximum atomic E-state index is 13.1. The van der Waals surface area contributed by atoms with Crippen LogP contribution in [0.5, 0.6) is 0 Å². The molecule has 1 fully saturated rings. The van der Waals surface area contributed by atoms with Gasteiger partial charge in [0.2, 0.25) is 0 Å². The quantitative estimate of drug-likeness (QED) is 0.805. The summed E-state index contributed by atoms with van der Waals surface area (Å²) >= 11 is 0. The van der Waals surface area contributed by atoms with Gasteiger partial charge in [-0.05, 0) is 11.6 Å². The van der Waals surface area contributed by atoms with Crippen LogP contribution in [0.15, 0.2) is 47.4 Å². The Kier molecular flexibility index (Phi) is 4.71. The fourth-order valence-corrected chi connectivity index (χ4v) is 2.82. The van der Waals surface area contributed by atoms with Crippen LogP contribution in [0.3, 0.4) is 0 Å². The molecule has 1 amide bonds. The van der Waals surface area contributed by atoms with E-state index in [1.807, 2.05) is 30.3 Å². The summed E-state index contributed by atoms with van der Waals surface area (Å²) in [6, 6.07) is 10.3. The first-order valence-electron chi connectivity index (χ1n) is 8.23. The molecule has 26 heavy (non-hydrogen) atoms. The molecule has 0 saturated heterocycles. The number of aromatic nitrogens is 1. The summed E-state index contributed by atoms with van der Waals surface area (Å²) in [6.45, 7) is 0.171. The zero-order chi connectivity index (χ0) is 18.9. The third kappa shape index (κ3) is 3.71. The predicted octanol–water partition coefficient (Wildman–Crippen LogP) is 2.48. The van der Waals surface area contributed by atoms with Crippen molar-refractivity contribution in [3.05, 3.63) is 69.6 Å². The van der Waals surface area contributed by atoms with E-state index >= 15 is 0 Å². The van der Waals surface area contributed by atoms with Crippen molar-refractivity contribution in [3.8, 4) is 0 Å². The van der Waals surface area contributed by atoms with Gasteiger partial charge < -0.3 is 9.88 Å². The van der Waals surface area contributed by atoms with E-state index in [9.17, 15) is 23.2 Å². The smallest absolute Gasteiger partial charge is 0.263 e. The highest BCUT2D eigenvalue weighted by Crippen LogP contribution is 2.51. The number of hydrogen-bond acceptors (Lipinski definition) is 3. The molecule has 0 unspecified atom stereocenters. The van der Waals surface area contributed by atoms with E-state index in [1.165, 1.54) is 23.9 Å². The summed E-state index contributed by atoms with van der Waals surface area (Å²) in [4.78, 5) is 36.9. The van der Waals surface area contributed by atoms with Crippen LogP contribution in [-0.4, -0.2) is 29.2 Å². The number of rotatable bonds is 6. The Balaban J connectivity index is 1.96. The van der Waals surface area contributed by atoms with Crippen LogP contribution in [0.2, 0.25) is 0 Å². The zero-order valence-electron chi connectivity index (χ0n) is 14.2. The molecule has 0 radical (unpaired) electrons. The number of amides is 1. The van der Waals surface area contributed by atoms with Crippen LogP contribution < -0.4 is 10.9 Å². The molecule has 1 heterocycles. The maximum Gasteiger partial charge on any atom is 0.263 e. The van der Waals surface area contributed by atoms with Gasteiger partial charge in [-0.25, -0.2) is 8.78 Å². The minimum Gasteiger partial charge on any atom is -0.355 e. The number of nitrogens with one attached hydrogen (secondary N) is 1. The number of carbonyl (C=O) groups excluding carboxylic acids is 2. The monoisotopic (exact) mass is 360 g/mol. The highest BCUT2D eigenvalue weighted by molar-refractivity contribution is 6.00. The number of carbonyl (C=O) groups is 2. The Hall–Kier alpha value is -2.83. The average molecular weight is 360 g/mol. The third-order valence-electron chi connectivity index (χ3n) is 4.46. The highest BCUT2D eigenvalue weighted by atomic mass is 19.3. The zero-order valence-corrected chi connectivity index (χ0v) is 14.2. The van der Waals surface area contributed by atoms with E-state index in [2.05, 4.69) is 5.32 Å². The third-order valence-corrected chi connectivity index (χ3v) is 4.46. The molecule has 5 nitrogen and oxygen atoms in total.